The topological polar surface area (TPSA) is 68.0 Å². The molecule has 1 heterocycles. The molecule has 20 heavy (non-hydrogen) atoms. The molecule has 2 rings (SSSR count). The van der Waals surface area contributed by atoms with Gasteiger partial charge in [-0.25, -0.2) is 4.98 Å². The summed E-state index contributed by atoms with van der Waals surface area (Å²) >= 11 is 3.02. The van der Waals surface area contributed by atoms with E-state index in [1.165, 1.54) is 11.8 Å². The summed E-state index contributed by atoms with van der Waals surface area (Å²) in [5.74, 6) is -0.0449. The second-order valence-electron chi connectivity index (χ2n) is 4.58. The molecule has 106 valence electrons. The third-order valence-electron chi connectivity index (χ3n) is 2.76. The van der Waals surface area contributed by atoms with Gasteiger partial charge in [-0.3, -0.25) is 4.79 Å². The molecule has 2 aromatic rings. The van der Waals surface area contributed by atoms with E-state index in [1.807, 2.05) is 38.3 Å². The lowest BCUT2D eigenvalue weighted by Crippen LogP contribution is -2.22. The number of hydrogen-bond acceptors (Lipinski definition) is 5. The van der Waals surface area contributed by atoms with Gasteiger partial charge in [0.1, 0.15) is 0 Å². The fraction of sp³-hybridized carbons (Fsp3) is 0.286. The summed E-state index contributed by atoms with van der Waals surface area (Å²) in [6.07, 6.45) is 0. The van der Waals surface area contributed by atoms with Crippen molar-refractivity contribution < 1.29 is 4.79 Å². The van der Waals surface area contributed by atoms with Gasteiger partial charge in [0.2, 0.25) is 5.91 Å². The van der Waals surface area contributed by atoms with Crippen LogP contribution in [0.2, 0.25) is 0 Å². The van der Waals surface area contributed by atoms with Crippen molar-refractivity contribution in [2.75, 3.05) is 11.1 Å². The maximum absolute atomic E-state index is 12.2. The second-order valence-corrected chi connectivity index (χ2v) is 7.02. The molecule has 4 nitrogen and oxygen atoms in total. The summed E-state index contributed by atoms with van der Waals surface area (Å²) in [5, 5.41) is 4.69. The normalized spacial score (nSPS) is 12.2. The molecule has 6 heteroatoms. The van der Waals surface area contributed by atoms with Crippen LogP contribution in [-0.4, -0.2) is 16.1 Å². The predicted octanol–water partition coefficient (Wildman–Crippen LogP) is 3.46. The second kappa shape index (κ2) is 6.28. The van der Waals surface area contributed by atoms with Crippen LogP contribution in [0.1, 0.15) is 18.2 Å². The number of aromatic nitrogens is 1. The van der Waals surface area contributed by atoms with Gasteiger partial charge >= 0.3 is 0 Å². The van der Waals surface area contributed by atoms with E-state index in [0.717, 1.165) is 21.3 Å². The van der Waals surface area contributed by atoms with Gasteiger partial charge in [0.15, 0.2) is 4.34 Å². The van der Waals surface area contributed by atoms with Crippen molar-refractivity contribution in [2.45, 2.75) is 30.4 Å². The highest BCUT2D eigenvalue weighted by atomic mass is 32.2. The molecule has 0 aliphatic rings. The van der Waals surface area contributed by atoms with Crippen LogP contribution < -0.4 is 11.1 Å². The van der Waals surface area contributed by atoms with Crippen LogP contribution in [0.3, 0.4) is 0 Å². The van der Waals surface area contributed by atoms with E-state index in [1.54, 1.807) is 17.4 Å². The molecule has 3 N–H and O–H groups in total. The minimum atomic E-state index is -0.207. The molecule has 0 saturated carbocycles. The fourth-order valence-corrected chi connectivity index (χ4v) is 3.59. The van der Waals surface area contributed by atoms with Gasteiger partial charge in [-0.2, -0.15) is 0 Å². The fourth-order valence-electron chi connectivity index (χ4n) is 1.60. The Balaban J connectivity index is 2.02. The van der Waals surface area contributed by atoms with Crippen LogP contribution in [0.25, 0.3) is 0 Å². The number of rotatable bonds is 4. The molecule has 0 aliphatic heterocycles. The number of nitrogen functional groups attached to an aromatic ring is 1. The zero-order valence-corrected chi connectivity index (χ0v) is 13.3. The standard InChI is InChI=1S/C14H17N3OS2/c1-8-4-5-11(15)6-12(8)17-13(18)10(3)20-14-16-9(2)7-19-14/h4-7,10H,15H2,1-3H3,(H,17,18). The highest BCUT2D eigenvalue weighted by molar-refractivity contribution is 8.02. The number of amides is 1. The molecule has 1 aromatic heterocycles. The van der Waals surface area contributed by atoms with Crippen molar-refractivity contribution in [1.82, 2.24) is 4.98 Å². The third kappa shape index (κ3) is 3.74. The number of nitrogens with two attached hydrogens (primary N) is 1. The maximum Gasteiger partial charge on any atom is 0.237 e. The van der Waals surface area contributed by atoms with Crippen molar-refractivity contribution >= 4 is 40.4 Å². The van der Waals surface area contributed by atoms with Crippen molar-refractivity contribution in [3.63, 3.8) is 0 Å². The largest absolute Gasteiger partial charge is 0.399 e. The lowest BCUT2D eigenvalue weighted by atomic mass is 10.2. The smallest absolute Gasteiger partial charge is 0.237 e. The van der Waals surface area contributed by atoms with E-state index in [2.05, 4.69) is 10.3 Å². The molecule has 0 bridgehead atoms. The monoisotopic (exact) mass is 307 g/mol. The first-order valence-electron chi connectivity index (χ1n) is 6.21. The Morgan fingerprint density at radius 2 is 2.20 bits per heavy atom. The minimum Gasteiger partial charge on any atom is -0.399 e. The van der Waals surface area contributed by atoms with Gasteiger partial charge in [-0.05, 0) is 38.5 Å². The summed E-state index contributed by atoms with van der Waals surface area (Å²) < 4.78 is 0.912. The average molecular weight is 307 g/mol. The molecule has 1 unspecified atom stereocenters. The molecule has 0 saturated heterocycles. The SMILES string of the molecule is Cc1csc(SC(C)C(=O)Nc2cc(N)ccc2C)n1. The van der Waals surface area contributed by atoms with Gasteiger partial charge in [0.25, 0.3) is 0 Å². The van der Waals surface area contributed by atoms with Crippen molar-refractivity contribution in [2.24, 2.45) is 0 Å². The number of nitrogens with one attached hydrogen (secondary N) is 1. The molecular weight excluding hydrogens is 290 g/mol. The molecule has 1 atom stereocenters. The van der Waals surface area contributed by atoms with E-state index in [4.69, 9.17) is 5.73 Å². The Kier molecular flexibility index (Phi) is 4.67. The van der Waals surface area contributed by atoms with Gasteiger partial charge in [0.05, 0.1) is 5.25 Å². The summed E-state index contributed by atoms with van der Waals surface area (Å²) in [4.78, 5) is 16.5. The Morgan fingerprint density at radius 3 is 2.85 bits per heavy atom. The predicted molar refractivity (Wildman–Crippen MR) is 86.4 cm³/mol. The van der Waals surface area contributed by atoms with Crippen LogP contribution in [0.15, 0.2) is 27.9 Å². The Bertz CT molecular complexity index is 625. The summed E-state index contributed by atoms with van der Waals surface area (Å²) in [7, 11) is 0. The van der Waals surface area contributed by atoms with Crippen molar-refractivity contribution in [1.29, 1.82) is 0 Å². The number of aryl methyl sites for hydroxylation is 2. The van der Waals surface area contributed by atoms with E-state index >= 15 is 0 Å². The Labute approximate surface area is 126 Å². The van der Waals surface area contributed by atoms with Gasteiger partial charge in [0, 0.05) is 22.4 Å². The number of benzene rings is 1. The minimum absolute atomic E-state index is 0.0449. The average Bonchev–Trinajstić information content (AvgIpc) is 2.79. The molecular formula is C14H17N3OS2. The van der Waals surface area contributed by atoms with Crippen LogP contribution in [0.5, 0.6) is 0 Å². The van der Waals surface area contributed by atoms with Crippen molar-refractivity contribution in [3.05, 3.63) is 34.8 Å². The van der Waals surface area contributed by atoms with Gasteiger partial charge in [-0.1, -0.05) is 17.8 Å². The van der Waals surface area contributed by atoms with Crippen LogP contribution in [-0.2, 0) is 4.79 Å². The Hall–Kier alpha value is -1.53. The molecule has 0 spiro atoms. The van der Waals surface area contributed by atoms with Crippen LogP contribution in [0, 0.1) is 13.8 Å². The quantitative estimate of drug-likeness (QED) is 0.670. The zero-order chi connectivity index (χ0) is 14.7. The first-order chi connectivity index (χ1) is 9.45. The molecule has 1 aromatic carbocycles. The lowest BCUT2D eigenvalue weighted by Gasteiger charge is -2.13. The number of thiazole rings is 1. The summed E-state index contributed by atoms with van der Waals surface area (Å²) in [6, 6.07) is 5.49. The van der Waals surface area contributed by atoms with Crippen LogP contribution >= 0.6 is 23.1 Å². The summed E-state index contributed by atoms with van der Waals surface area (Å²) in [6.45, 7) is 5.76. The Morgan fingerprint density at radius 1 is 1.45 bits per heavy atom. The van der Waals surface area contributed by atoms with Crippen LogP contribution in [0.4, 0.5) is 11.4 Å². The number of nitrogens with zero attached hydrogens (tertiary/aromatic N) is 1. The van der Waals surface area contributed by atoms with E-state index in [9.17, 15) is 4.79 Å². The van der Waals surface area contributed by atoms with E-state index in [0.29, 0.717) is 5.69 Å². The molecule has 0 aliphatic carbocycles. The zero-order valence-electron chi connectivity index (χ0n) is 11.6. The highest BCUT2D eigenvalue weighted by Gasteiger charge is 2.17. The number of anilines is 2. The molecule has 0 fully saturated rings. The first-order valence-corrected chi connectivity index (χ1v) is 7.97. The first kappa shape index (κ1) is 14.9. The third-order valence-corrected chi connectivity index (χ3v) is 4.95. The summed E-state index contributed by atoms with van der Waals surface area (Å²) in [5.41, 5.74) is 9.12. The maximum atomic E-state index is 12.2. The number of hydrogen-bond donors (Lipinski definition) is 2. The van der Waals surface area contributed by atoms with Gasteiger partial charge < -0.3 is 11.1 Å². The number of carbonyl (C=O) groups excluding carboxylic acids is 1. The van der Waals surface area contributed by atoms with Gasteiger partial charge in [-0.15, -0.1) is 11.3 Å². The van der Waals surface area contributed by atoms with Crippen molar-refractivity contribution in [3.8, 4) is 0 Å². The van der Waals surface area contributed by atoms with E-state index in [-0.39, 0.29) is 11.2 Å². The van der Waals surface area contributed by atoms with E-state index < -0.39 is 0 Å². The molecule has 1 amide bonds. The molecule has 0 radical (unpaired) electrons. The highest BCUT2D eigenvalue weighted by Crippen LogP contribution is 2.27. The lowest BCUT2D eigenvalue weighted by molar-refractivity contribution is -0.115. The number of thioether (sulfide) groups is 1. The number of carbonyl (C=O) groups is 1.